The molecule has 20 heavy (non-hydrogen) atoms. The van der Waals surface area contributed by atoms with Crippen LogP contribution in [0.5, 0.6) is 0 Å². The minimum absolute atomic E-state index is 0.121. The van der Waals surface area contributed by atoms with Crippen LogP contribution in [0.2, 0.25) is 0 Å². The van der Waals surface area contributed by atoms with Crippen LogP contribution in [0, 0.1) is 0 Å². The van der Waals surface area contributed by atoms with Crippen molar-refractivity contribution >= 4 is 0 Å². The Morgan fingerprint density at radius 1 is 1.25 bits per heavy atom. The van der Waals surface area contributed by atoms with E-state index < -0.39 is 11.7 Å². The molecule has 0 amide bonds. The van der Waals surface area contributed by atoms with Crippen LogP contribution in [0.4, 0.5) is 13.2 Å². The van der Waals surface area contributed by atoms with Crippen LogP contribution in [0.25, 0.3) is 0 Å². The van der Waals surface area contributed by atoms with Crippen molar-refractivity contribution in [1.29, 1.82) is 0 Å². The van der Waals surface area contributed by atoms with Crippen molar-refractivity contribution in [3.05, 3.63) is 35.4 Å². The lowest BCUT2D eigenvalue weighted by Gasteiger charge is -2.17. The molecule has 0 spiro atoms. The van der Waals surface area contributed by atoms with E-state index in [-0.39, 0.29) is 6.04 Å². The predicted octanol–water partition coefficient (Wildman–Crippen LogP) is 3.65. The van der Waals surface area contributed by atoms with Crippen molar-refractivity contribution in [2.75, 3.05) is 20.3 Å². The van der Waals surface area contributed by atoms with Crippen LogP contribution in [0.15, 0.2) is 24.3 Å². The molecule has 5 heteroatoms. The lowest BCUT2D eigenvalue weighted by molar-refractivity contribution is -0.137. The second kappa shape index (κ2) is 8.27. The summed E-state index contributed by atoms with van der Waals surface area (Å²) in [5, 5.41) is 3.12. The number of rotatable bonds is 8. The lowest BCUT2D eigenvalue weighted by Crippen LogP contribution is -2.29. The van der Waals surface area contributed by atoms with E-state index in [9.17, 15) is 13.2 Å². The van der Waals surface area contributed by atoms with Crippen molar-refractivity contribution in [3.8, 4) is 0 Å². The average Bonchev–Trinajstić information content (AvgIpc) is 2.41. The summed E-state index contributed by atoms with van der Waals surface area (Å²) in [5.41, 5.74) is 0.0988. The fraction of sp³-hybridized carbons (Fsp3) is 0.600. The molecule has 0 aliphatic carbocycles. The number of hydrogen-bond acceptors (Lipinski definition) is 2. The Bertz CT molecular complexity index is 393. The van der Waals surface area contributed by atoms with Crippen LogP contribution in [0.1, 0.15) is 30.9 Å². The predicted molar refractivity (Wildman–Crippen MR) is 73.7 cm³/mol. The van der Waals surface area contributed by atoms with Gasteiger partial charge in [-0.15, -0.1) is 0 Å². The summed E-state index contributed by atoms with van der Waals surface area (Å²) in [6, 6.07) is 5.63. The maximum Gasteiger partial charge on any atom is 0.416 e. The zero-order valence-corrected chi connectivity index (χ0v) is 12.0. The first kappa shape index (κ1) is 17.0. The molecular weight excluding hydrogens is 267 g/mol. The Kier molecular flexibility index (Phi) is 7.02. The van der Waals surface area contributed by atoms with Gasteiger partial charge in [0.1, 0.15) is 0 Å². The maximum atomic E-state index is 12.6. The first-order chi connectivity index (χ1) is 9.47. The van der Waals surface area contributed by atoms with Crippen molar-refractivity contribution < 1.29 is 17.9 Å². The van der Waals surface area contributed by atoms with Gasteiger partial charge in [-0.05, 0) is 37.9 Å². The molecule has 0 aliphatic heterocycles. The van der Waals surface area contributed by atoms with E-state index in [0.717, 1.165) is 25.5 Å². The minimum Gasteiger partial charge on any atom is -0.381 e. The van der Waals surface area contributed by atoms with Crippen LogP contribution in [-0.4, -0.2) is 26.3 Å². The number of hydrogen-bond donors (Lipinski definition) is 1. The third-order valence-corrected chi connectivity index (χ3v) is 3.10. The number of benzene rings is 1. The Labute approximate surface area is 118 Å². The first-order valence-electron chi connectivity index (χ1n) is 6.88. The third kappa shape index (κ3) is 5.92. The van der Waals surface area contributed by atoms with E-state index in [0.29, 0.717) is 18.6 Å². The number of ether oxygens (including phenoxy) is 1. The van der Waals surface area contributed by atoms with E-state index in [1.807, 2.05) is 14.0 Å². The van der Waals surface area contributed by atoms with Gasteiger partial charge in [0.15, 0.2) is 0 Å². The Morgan fingerprint density at radius 3 is 2.60 bits per heavy atom. The molecule has 0 heterocycles. The maximum absolute atomic E-state index is 12.6. The number of halogens is 3. The van der Waals surface area contributed by atoms with E-state index in [2.05, 4.69) is 5.32 Å². The fourth-order valence-corrected chi connectivity index (χ4v) is 1.98. The zero-order chi connectivity index (χ0) is 15.0. The quantitative estimate of drug-likeness (QED) is 0.738. The summed E-state index contributed by atoms with van der Waals surface area (Å²) in [6.07, 6.45) is -1.96. The largest absolute Gasteiger partial charge is 0.416 e. The van der Waals surface area contributed by atoms with E-state index in [1.165, 1.54) is 12.1 Å². The molecule has 1 aromatic rings. The monoisotopic (exact) mass is 289 g/mol. The molecular formula is C15H22F3NO. The van der Waals surface area contributed by atoms with Crippen LogP contribution in [-0.2, 0) is 17.3 Å². The van der Waals surface area contributed by atoms with Crippen LogP contribution < -0.4 is 5.32 Å². The highest BCUT2D eigenvalue weighted by atomic mass is 19.4. The van der Waals surface area contributed by atoms with Gasteiger partial charge in [-0.3, -0.25) is 0 Å². The Balaban J connectivity index is 2.56. The van der Waals surface area contributed by atoms with Gasteiger partial charge in [0.05, 0.1) is 5.56 Å². The summed E-state index contributed by atoms with van der Waals surface area (Å²) in [6.45, 7) is 3.39. The number of nitrogens with one attached hydrogen (secondary N) is 1. The highest BCUT2D eigenvalue weighted by molar-refractivity contribution is 5.26. The average molecular weight is 289 g/mol. The Hall–Kier alpha value is -1.07. The summed E-state index contributed by atoms with van der Waals surface area (Å²) in [7, 11) is 1.82. The number of likely N-dealkylation sites (N-methyl/N-ethyl adjacent to an activating group) is 1. The molecule has 1 rings (SSSR count). The molecule has 0 bridgehead atoms. The van der Waals surface area contributed by atoms with Crippen LogP contribution in [0.3, 0.4) is 0 Å². The van der Waals surface area contributed by atoms with Gasteiger partial charge in [-0.2, -0.15) is 13.2 Å². The second-order valence-corrected chi connectivity index (χ2v) is 4.79. The normalized spacial score (nSPS) is 13.4. The van der Waals surface area contributed by atoms with Gasteiger partial charge in [0, 0.05) is 19.3 Å². The molecule has 0 aliphatic rings. The van der Waals surface area contributed by atoms with Crippen molar-refractivity contribution in [1.82, 2.24) is 5.32 Å². The van der Waals surface area contributed by atoms with Crippen molar-refractivity contribution in [2.24, 2.45) is 0 Å². The molecule has 0 fully saturated rings. The molecule has 1 atom stereocenters. The van der Waals surface area contributed by atoms with E-state index >= 15 is 0 Å². The zero-order valence-electron chi connectivity index (χ0n) is 12.0. The van der Waals surface area contributed by atoms with Crippen molar-refractivity contribution in [3.63, 3.8) is 0 Å². The van der Waals surface area contributed by atoms with E-state index in [1.54, 1.807) is 6.07 Å². The SMILES string of the molecule is CCCOCCC(Cc1cccc(C(F)(F)F)c1)NC. The first-order valence-corrected chi connectivity index (χ1v) is 6.88. The molecule has 0 saturated carbocycles. The van der Waals surface area contributed by atoms with Gasteiger partial charge in [-0.25, -0.2) is 0 Å². The molecule has 1 N–H and O–H groups in total. The molecule has 114 valence electrons. The molecule has 0 saturated heterocycles. The summed E-state index contributed by atoms with van der Waals surface area (Å²) >= 11 is 0. The van der Waals surface area contributed by atoms with Crippen molar-refractivity contribution in [2.45, 2.75) is 38.4 Å². The molecule has 0 radical (unpaired) electrons. The van der Waals surface area contributed by atoms with Gasteiger partial charge in [-0.1, -0.05) is 25.1 Å². The molecule has 0 aromatic heterocycles. The molecule has 1 aromatic carbocycles. The minimum atomic E-state index is -4.28. The highest BCUT2D eigenvalue weighted by Crippen LogP contribution is 2.29. The highest BCUT2D eigenvalue weighted by Gasteiger charge is 2.30. The smallest absolute Gasteiger partial charge is 0.381 e. The van der Waals surface area contributed by atoms with Gasteiger partial charge in [0.2, 0.25) is 0 Å². The summed E-state index contributed by atoms with van der Waals surface area (Å²) in [4.78, 5) is 0. The van der Waals surface area contributed by atoms with Crippen LogP contribution >= 0.6 is 0 Å². The van der Waals surface area contributed by atoms with E-state index in [4.69, 9.17) is 4.74 Å². The molecule has 1 unspecified atom stereocenters. The second-order valence-electron chi connectivity index (χ2n) is 4.79. The van der Waals surface area contributed by atoms with Gasteiger partial charge < -0.3 is 10.1 Å². The third-order valence-electron chi connectivity index (χ3n) is 3.10. The fourth-order valence-electron chi connectivity index (χ4n) is 1.98. The van der Waals surface area contributed by atoms with Gasteiger partial charge in [0.25, 0.3) is 0 Å². The topological polar surface area (TPSA) is 21.3 Å². The van der Waals surface area contributed by atoms with Gasteiger partial charge >= 0.3 is 6.18 Å². The molecule has 2 nitrogen and oxygen atoms in total. The summed E-state index contributed by atoms with van der Waals surface area (Å²) in [5.74, 6) is 0. The standard InChI is InChI=1S/C15H22F3NO/c1-3-8-20-9-7-14(19-2)11-12-5-4-6-13(10-12)15(16,17)18/h4-6,10,14,19H,3,7-9,11H2,1-2H3. The number of alkyl halides is 3. The lowest BCUT2D eigenvalue weighted by atomic mass is 10.0. The Morgan fingerprint density at radius 2 is 2.00 bits per heavy atom. The summed E-state index contributed by atoms with van der Waals surface area (Å²) < 4.78 is 43.3.